The van der Waals surface area contributed by atoms with Crippen LogP contribution in [0, 0.1) is 0 Å². The molecule has 0 amide bonds. The smallest absolute Gasteiger partial charge is 0.330 e. The second kappa shape index (κ2) is 8.29. The molecule has 2 nitrogen and oxygen atoms in total. The molecule has 1 aromatic rings. The molecule has 0 saturated heterocycles. The van der Waals surface area contributed by atoms with Gasteiger partial charge in [-0.15, -0.1) is 0 Å². The van der Waals surface area contributed by atoms with Gasteiger partial charge in [-0.1, -0.05) is 55.8 Å². The first-order valence-corrected chi connectivity index (χ1v) is 6.36. The van der Waals surface area contributed by atoms with Crippen molar-refractivity contribution in [3.05, 3.63) is 53.6 Å². The van der Waals surface area contributed by atoms with Crippen molar-refractivity contribution in [2.75, 3.05) is 6.61 Å². The van der Waals surface area contributed by atoms with Crippen LogP contribution in [0.5, 0.6) is 0 Å². The molecule has 96 valence electrons. The lowest BCUT2D eigenvalue weighted by Gasteiger charge is -2.01. The van der Waals surface area contributed by atoms with Crippen molar-refractivity contribution in [1.29, 1.82) is 0 Å². The largest absolute Gasteiger partial charge is 0.463 e. The van der Waals surface area contributed by atoms with Gasteiger partial charge in [0.1, 0.15) is 0 Å². The quantitative estimate of drug-likeness (QED) is 0.429. The minimum atomic E-state index is -0.285. The van der Waals surface area contributed by atoms with Crippen LogP contribution in [0.3, 0.4) is 0 Å². The highest BCUT2D eigenvalue weighted by molar-refractivity contribution is 5.82. The number of rotatable bonds is 6. The van der Waals surface area contributed by atoms with Crippen molar-refractivity contribution in [3.63, 3.8) is 0 Å². The van der Waals surface area contributed by atoms with Crippen molar-refractivity contribution in [2.45, 2.75) is 26.7 Å². The molecule has 2 heteroatoms. The van der Waals surface area contributed by atoms with E-state index in [1.807, 2.05) is 36.4 Å². The minimum absolute atomic E-state index is 0.285. The average Bonchev–Trinajstić information content (AvgIpc) is 2.38. The summed E-state index contributed by atoms with van der Waals surface area (Å²) in [6, 6.07) is 10.1. The molecule has 0 unspecified atom stereocenters. The van der Waals surface area contributed by atoms with Gasteiger partial charge in [0.2, 0.25) is 0 Å². The van der Waals surface area contributed by atoms with E-state index in [4.69, 9.17) is 4.74 Å². The standard InChI is InChI=1S/C16H20O2/c1-3-8-14(11-12-16(17)18-4-2)13-15-9-6-5-7-10-15/h5-7,9-13H,3-4,8H2,1-2H3/b12-11+,14-13+. The Balaban J connectivity index is 2.76. The van der Waals surface area contributed by atoms with Crippen LogP contribution in [0.1, 0.15) is 32.3 Å². The van der Waals surface area contributed by atoms with E-state index in [0.29, 0.717) is 6.61 Å². The number of benzene rings is 1. The lowest BCUT2D eigenvalue weighted by Crippen LogP contribution is -1.99. The third kappa shape index (κ3) is 5.48. The molecule has 0 aliphatic rings. The first-order chi connectivity index (χ1) is 8.76. The number of carbonyl (C=O) groups is 1. The number of allylic oxidation sites excluding steroid dienone is 2. The van der Waals surface area contributed by atoms with Gasteiger partial charge in [0, 0.05) is 6.08 Å². The van der Waals surface area contributed by atoms with E-state index in [2.05, 4.69) is 13.0 Å². The highest BCUT2D eigenvalue weighted by Gasteiger charge is 1.96. The molecule has 0 heterocycles. The van der Waals surface area contributed by atoms with Crippen LogP contribution in [0.2, 0.25) is 0 Å². The van der Waals surface area contributed by atoms with E-state index in [9.17, 15) is 4.79 Å². The van der Waals surface area contributed by atoms with Crippen LogP contribution in [-0.4, -0.2) is 12.6 Å². The molecule has 0 aliphatic carbocycles. The van der Waals surface area contributed by atoms with Crippen molar-refractivity contribution < 1.29 is 9.53 Å². The van der Waals surface area contributed by atoms with Crippen molar-refractivity contribution >= 4 is 12.0 Å². The summed E-state index contributed by atoms with van der Waals surface area (Å²) in [5.41, 5.74) is 2.28. The van der Waals surface area contributed by atoms with Crippen molar-refractivity contribution in [2.24, 2.45) is 0 Å². The maximum absolute atomic E-state index is 11.3. The van der Waals surface area contributed by atoms with Crippen LogP contribution < -0.4 is 0 Å². The fourth-order valence-corrected chi connectivity index (χ4v) is 1.62. The fourth-order valence-electron chi connectivity index (χ4n) is 1.62. The van der Waals surface area contributed by atoms with Gasteiger partial charge in [0.05, 0.1) is 6.61 Å². The monoisotopic (exact) mass is 244 g/mol. The highest BCUT2D eigenvalue weighted by Crippen LogP contribution is 2.13. The average molecular weight is 244 g/mol. The Bertz CT molecular complexity index is 416. The number of hydrogen-bond acceptors (Lipinski definition) is 2. The van der Waals surface area contributed by atoms with Crippen LogP contribution in [0.25, 0.3) is 6.08 Å². The maximum atomic E-state index is 11.3. The van der Waals surface area contributed by atoms with Gasteiger partial charge in [0.25, 0.3) is 0 Å². The van der Waals surface area contributed by atoms with Crippen LogP contribution in [-0.2, 0) is 9.53 Å². The number of esters is 1. The summed E-state index contributed by atoms with van der Waals surface area (Å²) in [6.07, 6.45) is 7.43. The first kappa shape index (κ1) is 14.2. The van der Waals surface area contributed by atoms with Gasteiger partial charge in [-0.05, 0) is 24.5 Å². The van der Waals surface area contributed by atoms with Gasteiger partial charge in [0.15, 0.2) is 0 Å². The lowest BCUT2D eigenvalue weighted by molar-refractivity contribution is -0.137. The Labute approximate surface area is 109 Å². The van der Waals surface area contributed by atoms with Crippen LogP contribution >= 0.6 is 0 Å². The zero-order chi connectivity index (χ0) is 13.2. The second-order valence-corrected chi connectivity index (χ2v) is 3.97. The summed E-state index contributed by atoms with van der Waals surface area (Å²) in [6.45, 7) is 4.34. The summed E-state index contributed by atoms with van der Waals surface area (Å²) in [4.78, 5) is 11.3. The molecule has 0 N–H and O–H groups in total. The van der Waals surface area contributed by atoms with E-state index < -0.39 is 0 Å². The first-order valence-electron chi connectivity index (χ1n) is 6.36. The maximum Gasteiger partial charge on any atom is 0.330 e. The third-order valence-corrected chi connectivity index (χ3v) is 2.41. The Morgan fingerprint density at radius 3 is 2.50 bits per heavy atom. The highest BCUT2D eigenvalue weighted by atomic mass is 16.5. The van der Waals surface area contributed by atoms with E-state index >= 15 is 0 Å². The van der Waals surface area contributed by atoms with Gasteiger partial charge in [-0.25, -0.2) is 4.79 Å². The van der Waals surface area contributed by atoms with Gasteiger partial charge in [-0.3, -0.25) is 0 Å². The van der Waals surface area contributed by atoms with Gasteiger partial charge >= 0.3 is 5.97 Å². The predicted octanol–water partition coefficient (Wildman–Crippen LogP) is 3.99. The Morgan fingerprint density at radius 1 is 1.17 bits per heavy atom. The molecule has 0 aliphatic heterocycles. The molecule has 0 aromatic heterocycles. The molecule has 0 saturated carbocycles. The summed E-state index contributed by atoms with van der Waals surface area (Å²) in [5.74, 6) is -0.285. The van der Waals surface area contributed by atoms with Gasteiger partial charge < -0.3 is 4.74 Å². The number of carbonyl (C=O) groups excluding carboxylic acids is 1. The molecule has 0 spiro atoms. The SMILES string of the molecule is CCCC(/C=C/C(=O)OCC)=C\c1ccccc1. The molecule has 0 bridgehead atoms. The molecular formula is C16H20O2. The third-order valence-electron chi connectivity index (χ3n) is 2.41. The fraction of sp³-hybridized carbons (Fsp3) is 0.312. The molecule has 1 rings (SSSR count). The summed E-state index contributed by atoms with van der Waals surface area (Å²) >= 11 is 0. The van der Waals surface area contributed by atoms with E-state index in [1.165, 1.54) is 6.08 Å². The Kier molecular flexibility index (Phi) is 6.55. The molecular weight excluding hydrogens is 224 g/mol. The zero-order valence-corrected chi connectivity index (χ0v) is 11.1. The number of ether oxygens (including phenoxy) is 1. The van der Waals surface area contributed by atoms with E-state index in [0.717, 1.165) is 24.0 Å². The molecule has 0 fully saturated rings. The van der Waals surface area contributed by atoms with E-state index in [1.54, 1.807) is 6.92 Å². The number of hydrogen-bond donors (Lipinski definition) is 0. The Morgan fingerprint density at radius 2 is 1.89 bits per heavy atom. The topological polar surface area (TPSA) is 26.3 Å². The van der Waals surface area contributed by atoms with E-state index in [-0.39, 0.29) is 5.97 Å². The zero-order valence-electron chi connectivity index (χ0n) is 11.1. The summed E-state index contributed by atoms with van der Waals surface area (Å²) < 4.78 is 4.87. The molecule has 18 heavy (non-hydrogen) atoms. The molecule has 0 radical (unpaired) electrons. The molecule has 0 atom stereocenters. The van der Waals surface area contributed by atoms with Crippen LogP contribution in [0.4, 0.5) is 0 Å². The van der Waals surface area contributed by atoms with Crippen molar-refractivity contribution in [1.82, 2.24) is 0 Å². The summed E-state index contributed by atoms with van der Waals surface area (Å²) in [5, 5.41) is 0. The Hall–Kier alpha value is -1.83. The second-order valence-electron chi connectivity index (χ2n) is 3.97. The lowest BCUT2D eigenvalue weighted by atomic mass is 10.1. The minimum Gasteiger partial charge on any atom is -0.463 e. The van der Waals surface area contributed by atoms with Gasteiger partial charge in [-0.2, -0.15) is 0 Å². The van der Waals surface area contributed by atoms with Crippen LogP contribution in [0.15, 0.2) is 48.1 Å². The van der Waals surface area contributed by atoms with Crippen molar-refractivity contribution in [3.8, 4) is 0 Å². The summed E-state index contributed by atoms with van der Waals surface area (Å²) in [7, 11) is 0. The molecule has 1 aromatic carbocycles. The normalized spacial score (nSPS) is 11.8. The predicted molar refractivity (Wildman–Crippen MR) is 75.1 cm³/mol.